The van der Waals surface area contributed by atoms with Crippen molar-refractivity contribution >= 4 is 11.8 Å². The van der Waals surface area contributed by atoms with Gasteiger partial charge in [0.15, 0.2) is 0 Å². The topological polar surface area (TPSA) is 38.5 Å². The van der Waals surface area contributed by atoms with E-state index >= 15 is 0 Å². The molecule has 1 fully saturated rings. The average molecular weight is 204 g/mol. The highest BCUT2D eigenvalue weighted by atomic mass is 32.2. The lowest BCUT2D eigenvalue weighted by Crippen LogP contribution is -2.44. The minimum Gasteiger partial charge on any atom is -0.383 e. The van der Waals surface area contributed by atoms with Crippen molar-refractivity contribution in [3.05, 3.63) is 0 Å². The summed E-state index contributed by atoms with van der Waals surface area (Å²) in [5.74, 6) is 2.53. The fourth-order valence-corrected chi connectivity index (χ4v) is 2.55. The predicted octanol–water partition coefficient (Wildman–Crippen LogP) is 0.399. The van der Waals surface area contributed by atoms with Crippen LogP contribution in [0.4, 0.5) is 0 Å². The van der Waals surface area contributed by atoms with E-state index in [4.69, 9.17) is 10.5 Å². The second-order valence-electron chi connectivity index (χ2n) is 3.35. The van der Waals surface area contributed by atoms with Crippen LogP contribution in [0.15, 0.2) is 0 Å². The minimum absolute atomic E-state index is 0.420. The Balaban J connectivity index is 2.35. The summed E-state index contributed by atoms with van der Waals surface area (Å²) in [6.07, 6.45) is 1.28. The number of nitrogens with zero attached hydrogens (tertiary/aromatic N) is 1. The number of hydrogen-bond donors (Lipinski definition) is 1. The number of ether oxygens (including phenoxy) is 1. The molecule has 0 aromatic heterocycles. The van der Waals surface area contributed by atoms with Gasteiger partial charge in [-0.3, -0.25) is 4.90 Å². The van der Waals surface area contributed by atoms with Crippen LogP contribution in [-0.4, -0.2) is 55.8 Å². The van der Waals surface area contributed by atoms with Gasteiger partial charge in [0.05, 0.1) is 6.61 Å². The normalized spacial score (nSPS) is 22.6. The summed E-state index contributed by atoms with van der Waals surface area (Å²) in [6.45, 7) is 3.81. The average Bonchev–Trinajstić information content (AvgIpc) is 2.42. The largest absolute Gasteiger partial charge is 0.383 e. The first-order valence-electron chi connectivity index (χ1n) is 4.89. The van der Waals surface area contributed by atoms with Crippen LogP contribution in [0.5, 0.6) is 0 Å². The molecule has 4 heteroatoms. The molecule has 1 aliphatic rings. The van der Waals surface area contributed by atoms with Crippen molar-refractivity contribution in [2.45, 2.75) is 12.5 Å². The first kappa shape index (κ1) is 11.3. The molecule has 1 aliphatic heterocycles. The highest BCUT2D eigenvalue weighted by Gasteiger charge is 2.17. The summed E-state index contributed by atoms with van der Waals surface area (Å²) >= 11 is 2.04. The Morgan fingerprint density at radius 2 is 2.31 bits per heavy atom. The third-order valence-electron chi connectivity index (χ3n) is 2.40. The summed E-state index contributed by atoms with van der Waals surface area (Å²) in [4.78, 5) is 2.46. The van der Waals surface area contributed by atoms with Gasteiger partial charge >= 0.3 is 0 Å². The molecule has 1 atom stereocenters. The zero-order valence-corrected chi connectivity index (χ0v) is 9.18. The van der Waals surface area contributed by atoms with Crippen LogP contribution in [0.2, 0.25) is 0 Å². The zero-order valence-electron chi connectivity index (χ0n) is 8.37. The van der Waals surface area contributed by atoms with Crippen molar-refractivity contribution in [3.63, 3.8) is 0 Å². The molecule has 0 aromatic rings. The second kappa shape index (κ2) is 6.65. The number of hydrogen-bond acceptors (Lipinski definition) is 4. The van der Waals surface area contributed by atoms with Crippen LogP contribution in [-0.2, 0) is 4.74 Å². The molecular weight excluding hydrogens is 184 g/mol. The highest BCUT2D eigenvalue weighted by Crippen LogP contribution is 2.12. The van der Waals surface area contributed by atoms with Crippen molar-refractivity contribution in [2.75, 3.05) is 44.9 Å². The quantitative estimate of drug-likeness (QED) is 0.719. The van der Waals surface area contributed by atoms with E-state index in [2.05, 4.69) is 4.90 Å². The van der Waals surface area contributed by atoms with Gasteiger partial charge in [0, 0.05) is 32.0 Å². The van der Waals surface area contributed by atoms with E-state index in [0.717, 1.165) is 13.2 Å². The first-order valence-corrected chi connectivity index (χ1v) is 6.04. The van der Waals surface area contributed by atoms with Crippen molar-refractivity contribution in [1.29, 1.82) is 0 Å². The lowest BCUT2D eigenvalue weighted by molar-refractivity contribution is 0.0990. The Bertz CT molecular complexity index is 127. The third kappa shape index (κ3) is 3.85. The minimum atomic E-state index is 0.420. The molecule has 13 heavy (non-hydrogen) atoms. The highest BCUT2D eigenvalue weighted by molar-refractivity contribution is 7.99. The van der Waals surface area contributed by atoms with Gasteiger partial charge in [-0.2, -0.15) is 11.8 Å². The van der Waals surface area contributed by atoms with Gasteiger partial charge < -0.3 is 10.5 Å². The van der Waals surface area contributed by atoms with Crippen LogP contribution in [0, 0.1) is 0 Å². The third-order valence-corrected chi connectivity index (χ3v) is 3.45. The smallest absolute Gasteiger partial charge is 0.0630 e. The molecule has 0 spiro atoms. The van der Waals surface area contributed by atoms with Crippen molar-refractivity contribution in [1.82, 2.24) is 4.90 Å². The molecule has 1 rings (SSSR count). The molecular formula is C9H20N2OS. The lowest BCUT2D eigenvalue weighted by atomic mass is 10.2. The van der Waals surface area contributed by atoms with Gasteiger partial charge in [-0.25, -0.2) is 0 Å². The Hall–Kier alpha value is 0.230. The Morgan fingerprint density at radius 1 is 1.46 bits per heavy atom. The van der Waals surface area contributed by atoms with E-state index in [1.165, 1.54) is 24.5 Å². The Kier molecular flexibility index (Phi) is 5.78. The maximum Gasteiger partial charge on any atom is 0.0630 e. The van der Waals surface area contributed by atoms with Gasteiger partial charge in [0.25, 0.3) is 0 Å². The van der Waals surface area contributed by atoms with E-state index in [1.807, 2.05) is 11.8 Å². The molecule has 0 radical (unpaired) electrons. The first-order chi connectivity index (χ1) is 6.38. The number of nitrogens with two attached hydrogens (primary N) is 1. The Morgan fingerprint density at radius 3 is 3.00 bits per heavy atom. The molecule has 0 aromatic carbocycles. The van der Waals surface area contributed by atoms with Crippen molar-refractivity contribution < 1.29 is 4.74 Å². The molecule has 0 bridgehead atoms. The molecule has 1 unspecified atom stereocenters. The summed E-state index contributed by atoms with van der Waals surface area (Å²) in [5.41, 5.74) is 5.71. The van der Waals surface area contributed by atoms with Crippen LogP contribution >= 0.6 is 11.8 Å². The molecule has 78 valence electrons. The summed E-state index contributed by atoms with van der Waals surface area (Å²) in [6, 6.07) is 0.420. The van der Waals surface area contributed by atoms with E-state index < -0.39 is 0 Å². The molecule has 0 amide bonds. The van der Waals surface area contributed by atoms with Crippen LogP contribution in [0.1, 0.15) is 6.42 Å². The summed E-state index contributed by atoms with van der Waals surface area (Å²) < 4.78 is 5.16. The monoisotopic (exact) mass is 204 g/mol. The van der Waals surface area contributed by atoms with Gasteiger partial charge in [-0.05, 0) is 18.7 Å². The fourth-order valence-electron chi connectivity index (χ4n) is 1.65. The van der Waals surface area contributed by atoms with Crippen LogP contribution in [0.25, 0.3) is 0 Å². The van der Waals surface area contributed by atoms with Crippen molar-refractivity contribution in [3.8, 4) is 0 Å². The number of methoxy groups -OCH3 is 1. The SMILES string of the molecule is COCC(CN)N1CCCSCC1. The van der Waals surface area contributed by atoms with E-state index in [1.54, 1.807) is 7.11 Å². The second-order valence-corrected chi connectivity index (χ2v) is 4.57. The predicted molar refractivity (Wildman–Crippen MR) is 58.2 cm³/mol. The lowest BCUT2D eigenvalue weighted by Gasteiger charge is -2.28. The van der Waals surface area contributed by atoms with E-state index in [-0.39, 0.29) is 0 Å². The number of rotatable bonds is 4. The standard InChI is InChI=1S/C9H20N2OS/c1-12-8-9(7-10)11-3-2-5-13-6-4-11/h9H,2-8,10H2,1H3. The molecule has 1 saturated heterocycles. The van der Waals surface area contributed by atoms with Crippen LogP contribution < -0.4 is 5.73 Å². The summed E-state index contributed by atoms with van der Waals surface area (Å²) in [5, 5.41) is 0. The molecule has 1 heterocycles. The Labute approximate surface area is 85.0 Å². The number of thioether (sulfide) groups is 1. The maximum atomic E-state index is 5.71. The zero-order chi connectivity index (χ0) is 9.52. The van der Waals surface area contributed by atoms with Gasteiger partial charge in [0.2, 0.25) is 0 Å². The molecule has 0 aliphatic carbocycles. The summed E-state index contributed by atoms with van der Waals surface area (Å²) in [7, 11) is 1.75. The molecule has 3 nitrogen and oxygen atoms in total. The van der Waals surface area contributed by atoms with Crippen molar-refractivity contribution in [2.24, 2.45) is 5.73 Å². The van der Waals surface area contributed by atoms with E-state index in [0.29, 0.717) is 12.6 Å². The molecule has 2 N–H and O–H groups in total. The van der Waals surface area contributed by atoms with E-state index in [9.17, 15) is 0 Å². The van der Waals surface area contributed by atoms with Gasteiger partial charge in [-0.1, -0.05) is 0 Å². The van der Waals surface area contributed by atoms with Gasteiger partial charge in [-0.15, -0.1) is 0 Å². The molecule has 0 saturated carbocycles. The van der Waals surface area contributed by atoms with Crippen LogP contribution in [0.3, 0.4) is 0 Å². The van der Waals surface area contributed by atoms with Gasteiger partial charge in [0.1, 0.15) is 0 Å². The fraction of sp³-hybridized carbons (Fsp3) is 1.00. The maximum absolute atomic E-state index is 5.71.